The minimum Gasteiger partial charge on any atom is -0.373 e. The zero-order valence-electron chi connectivity index (χ0n) is 15.9. The van der Waals surface area contributed by atoms with Gasteiger partial charge in [-0.3, -0.25) is 4.79 Å². The fourth-order valence-electron chi connectivity index (χ4n) is 4.42. The van der Waals surface area contributed by atoms with E-state index in [0.717, 1.165) is 18.4 Å². The Morgan fingerprint density at radius 2 is 1.78 bits per heavy atom. The van der Waals surface area contributed by atoms with Gasteiger partial charge in [0.2, 0.25) is 5.91 Å². The molecule has 2 heterocycles. The van der Waals surface area contributed by atoms with Crippen molar-refractivity contribution in [3.8, 4) is 0 Å². The molecule has 4 nitrogen and oxygen atoms in total. The van der Waals surface area contributed by atoms with Gasteiger partial charge in [-0.15, -0.1) is 0 Å². The van der Waals surface area contributed by atoms with Crippen molar-refractivity contribution in [1.29, 1.82) is 0 Å². The second-order valence-corrected chi connectivity index (χ2v) is 7.88. The molecule has 0 aromatic heterocycles. The molecule has 0 aliphatic carbocycles. The van der Waals surface area contributed by atoms with Gasteiger partial charge < -0.3 is 15.4 Å². The van der Waals surface area contributed by atoms with Crippen LogP contribution in [0.4, 0.5) is 0 Å². The molecule has 2 aliphatic heterocycles. The van der Waals surface area contributed by atoms with Gasteiger partial charge in [0.15, 0.2) is 0 Å². The maximum Gasteiger partial charge on any atom is 0.228 e. The normalized spacial score (nSPS) is 28.3. The summed E-state index contributed by atoms with van der Waals surface area (Å²) < 4.78 is 6.06. The summed E-state index contributed by atoms with van der Waals surface area (Å²) in [7, 11) is 0. The number of likely N-dealkylation sites (tertiary alicyclic amines) is 1. The van der Waals surface area contributed by atoms with Crippen LogP contribution in [-0.4, -0.2) is 36.5 Å². The van der Waals surface area contributed by atoms with E-state index in [1.807, 2.05) is 23.1 Å². The molecule has 4 rings (SSSR count). The van der Waals surface area contributed by atoms with Crippen molar-refractivity contribution >= 4 is 5.91 Å². The van der Waals surface area contributed by atoms with Gasteiger partial charge >= 0.3 is 0 Å². The highest BCUT2D eigenvalue weighted by Gasteiger charge is 2.40. The summed E-state index contributed by atoms with van der Waals surface area (Å²) in [5.41, 5.74) is 9.94. The van der Waals surface area contributed by atoms with Crippen LogP contribution in [0.15, 0.2) is 54.6 Å². The predicted molar refractivity (Wildman–Crippen MR) is 106 cm³/mol. The van der Waals surface area contributed by atoms with Gasteiger partial charge in [0.05, 0.1) is 12.0 Å². The highest BCUT2D eigenvalue weighted by Crippen LogP contribution is 2.37. The van der Waals surface area contributed by atoms with Crippen LogP contribution < -0.4 is 5.73 Å². The van der Waals surface area contributed by atoms with Gasteiger partial charge in [-0.25, -0.2) is 0 Å². The minimum absolute atomic E-state index is 0.0151. The van der Waals surface area contributed by atoms with Crippen LogP contribution in [0.2, 0.25) is 0 Å². The fraction of sp³-hybridized carbons (Fsp3) is 0.435. The number of aryl methyl sites for hydroxylation is 1. The lowest BCUT2D eigenvalue weighted by molar-refractivity contribution is -0.144. The molecule has 2 fully saturated rings. The summed E-state index contributed by atoms with van der Waals surface area (Å²) in [5, 5.41) is 0. The van der Waals surface area contributed by atoms with Gasteiger partial charge in [-0.1, -0.05) is 60.2 Å². The van der Waals surface area contributed by atoms with Crippen molar-refractivity contribution in [3.05, 3.63) is 71.3 Å². The second-order valence-electron chi connectivity index (χ2n) is 7.88. The lowest BCUT2D eigenvalue weighted by atomic mass is 9.88. The van der Waals surface area contributed by atoms with Gasteiger partial charge in [-0.2, -0.15) is 0 Å². The molecule has 0 bridgehead atoms. The SMILES string of the molecule is Cc1ccc(C2OCCCC2C(=O)N2C[C@@H](N)[C@H](c3ccccc3)C2)cc1. The van der Waals surface area contributed by atoms with Crippen molar-refractivity contribution in [3.63, 3.8) is 0 Å². The van der Waals surface area contributed by atoms with E-state index in [9.17, 15) is 4.79 Å². The molecule has 2 aliphatic rings. The van der Waals surface area contributed by atoms with Crippen molar-refractivity contribution in [2.24, 2.45) is 11.7 Å². The lowest BCUT2D eigenvalue weighted by Gasteiger charge is -2.34. The molecule has 4 atom stereocenters. The Kier molecular flexibility index (Phi) is 5.28. The molecule has 2 saturated heterocycles. The van der Waals surface area contributed by atoms with Crippen LogP contribution >= 0.6 is 0 Å². The first-order valence-corrected chi connectivity index (χ1v) is 9.91. The molecule has 2 aromatic rings. The van der Waals surface area contributed by atoms with Gasteiger partial charge in [-0.05, 0) is 30.9 Å². The third-order valence-electron chi connectivity index (χ3n) is 5.95. The zero-order valence-corrected chi connectivity index (χ0v) is 15.9. The summed E-state index contributed by atoms with van der Waals surface area (Å²) in [6.45, 7) is 4.11. The second kappa shape index (κ2) is 7.83. The molecular weight excluding hydrogens is 336 g/mol. The number of benzene rings is 2. The molecule has 142 valence electrons. The molecule has 2 unspecified atom stereocenters. The molecule has 2 N–H and O–H groups in total. The molecular formula is C23H28N2O2. The molecule has 0 saturated carbocycles. The van der Waals surface area contributed by atoms with E-state index in [2.05, 4.69) is 43.3 Å². The largest absolute Gasteiger partial charge is 0.373 e. The Labute approximate surface area is 161 Å². The smallest absolute Gasteiger partial charge is 0.228 e. The molecule has 1 amide bonds. The summed E-state index contributed by atoms with van der Waals surface area (Å²) in [6, 6.07) is 18.6. The van der Waals surface area contributed by atoms with E-state index in [0.29, 0.717) is 19.7 Å². The van der Waals surface area contributed by atoms with Crippen LogP contribution in [0.3, 0.4) is 0 Å². The van der Waals surface area contributed by atoms with Gasteiger partial charge in [0.25, 0.3) is 0 Å². The van der Waals surface area contributed by atoms with Crippen molar-refractivity contribution < 1.29 is 9.53 Å². The third kappa shape index (κ3) is 3.78. The lowest BCUT2D eigenvalue weighted by Crippen LogP contribution is -2.40. The van der Waals surface area contributed by atoms with Crippen LogP contribution in [0.1, 0.15) is 41.6 Å². The maximum absolute atomic E-state index is 13.4. The Morgan fingerprint density at radius 3 is 2.52 bits per heavy atom. The number of hydrogen-bond acceptors (Lipinski definition) is 3. The minimum atomic E-state index is -0.154. The molecule has 2 aromatic carbocycles. The van der Waals surface area contributed by atoms with Crippen molar-refractivity contribution in [2.45, 2.75) is 37.8 Å². The highest BCUT2D eigenvalue weighted by molar-refractivity contribution is 5.80. The number of carbonyl (C=O) groups excluding carboxylic acids is 1. The third-order valence-corrected chi connectivity index (χ3v) is 5.95. The Balaban J connectivity index is 1.51. The predicted octanol–water partition coefficient (Wildman–Crippen LogP) is 3.42. The summed E-state index contributed by atoms with van der Waals surface area (Å²) in [5.74, 6) is 0.273. The van der Waals surface area contributed by atoms with Crippen LogP contribution in [0, 0.1) is 12.8 Å². The molecule has 0 radical (unpaired) electrons. The summed E-state index contributed by atoms with van der Waals surface area (Å²) in [6.07, 6.45) is 1.65. The highest BCUT2D eigenvalue weighted by atomic mass is 16.5. The Bertz CT molecular complexity index is 775. The number of carbonyl (C=O) groups is 1. The fourth-order valence-corrected chi connectivity index (χ4v) is 4.42. The standard InChI is InChI=1S/C23H28N2O2/c1-16-9-11-18(12-10-16)22-19(8-5-13-27-22)23(26)25-14-20(21(24)15-25)17-6-3-2-4-7-17/h2-4,6-7,9-12,19-22H,5,8,13-15,24H2,1H3/t19?,20-,21+,22?/m0/s1. The first kappa shape index (κ1) is 18.2. The monoisotopic (exact) mass is 364 g/mol. The Hall–Kier alpha value is -2.17. The van der Waals surface area contributed by atoms with E-state index in [1.54, 1.807) is 0 Å². The quantitative estimate of drug-likeness (QED) is 0.908. The topological polar surface area (TPSA) is 55.6 Å². The average Bonchev–Trinajstić information content (AvgIpc) is 3.10. The van der Waals surface area contributed by atoms with Crippen LogP contribution in [-0.2, 0) is 9.53 Å². The van der Waals surface area contributed by atoms with Crippen molar-refractivity contribution in [1.82, 2.24) is 4.90 Å². The first-order chi connectivity index (χ1) is 13.1. The Morgan fingerprint density at radius 1 is 1.04 bits per heavy atom. The van der Waals surface area contributed by atoms with E-state index in [1.165, 1.54) is 11.1 Å². The average molecular weight is 364 g/mol. The number of ether oxygens (including phenoxy) is 1. The van der Waals surface area contributed by atoms with Crippen LogP contribution in [0.5, 0.6) is 0 Å². The van der Waals surface area contributed by atoms with E-state index < -0.39 is 0 Å². The number of hydrogen-bond donors (Lipinski definition) is 1. The van der Waals surface area contributed by atoms with Gasteiger partial charge in [0.1, 0.15) is 0 Å². The van der Waals surface area contributed by atoms with E-state index >= 15 is 0 Å². The zero-order chi connectivity index (χ0) is 18.8. The first-order valence-electron chi connectivity index (χ1n) is 9.91. The number of nitrogens with two attached hydrogens (primary N) is 1. The van der Waals surface area contributed by atoms with Crippen molar-refractivity contribution in [2.75, 3.05) is 19.7 Å². The van der Waals surface area contributed by atoms with Crippen LogP contribution in [0.25, 0.3) is 0 Å². The number of rotatable bonds is 3. The van der Waals surface area contributed by atoms with Gasteiger partial charge in [0, 0.05) is 31.7 Å². The van der Waals surface area contributed by atoms with E-state index in [4.69, 9.17) is 10.5 Å². The molecule has 0 spiro atoms. The molecule has 4 heteroatoms. The maximum atomic E-state index is 13.4. The number of amides is 1. The molecule has 27 heavy (non-hydrogen) atoms. The number of nitrogens with zero attached hydrogens (tertiary/aromatic N) is 1. The van der Waals surface area contributed by atoms with E-state index in [-0.39, 0.29) is 29.9 Å². The summed E-state index contributed by atoms with van der Waals surface area (Å²) in [4.78, 5) is 15.3. The summed E-state index contributed by atoms with van der Waals surface area (Å²) >= 11 is 0.